The van der Waals surface area contributed by atoms with E-state index in [0.29, 0.717) is 0 Å². The predicted molar refractivity (Wildman–Crippen MR) is 116 cm³/mol. The molecule has 0 saturated carbocycles. The van der Waals surface area contributed by atoms with E-state index < -0.39 is 7.06 Å². The molecule has 1 heterocycles. The molecule has 0 N–H and O–H groups in total. The summed E-state index contributed by atoms with van der Waals surface area (Å²) in [5, 5.41) is 2.22. The molecule has 0 amide bonds. The van der Waals surface area contributed by atoms with E-state index in [9.17, 15) is 0 Å². The minimum atomic E-state index is -3.37. The number of hydrogen-bond donors (Lipinski definition) is 0. The van der Waals surface area contributed by atoms with Gasteiger partial charge in [-0.15, -0.1) is 0 Å². The molecule has 0 spiro atoms. The summed E-state index contributed by atoms with van der Waals surface area (Å²) in [6, 6.07) is 41.9. The summed E-state index contributed by atoms with van der Waals surface area (Å²) in [4.78, 5) is 0. The molecule has 3 heteroatoms. The second kappa shape index (κ2) is 6.68. The van der Waals surface area contributed by atoms with Crippen molar-refractivity contribution in [2.75, 3.05) is 0 Å². The first kappa shape index (κ1) is 17.3. The molecule has 2 nitrogen and oxygen atoms in total. The monoisotopic (exact) mass is 384 g/mol. The molecule has 1 fully saturated rings. The Hall–Kier alpha value is -2.77. The van der Waals surface area contributed by atoms with Gasteiger partial charge in [0.1, 0.15) is 0 Å². The van der Waals surface area contributed by atoms with Crippen LogP contribution in [0.4, 0.5) is 0 Å². The third kappa shape index (κ3) is 2.47. The van der Waals surface area contributed by atoms with E-state index in [4.69, 9.17) is 9.35 Å². The maximum atomic E-state index is 6.26. The molecule has 1 aliphatic heterocycles. The average Bonchev–Trinajstić information content (AvgIpc) is 3.55. The molecular formula is C25H21O2P. The van der Waals surface area contributed by atoms with Crippen molar-refractivity contribution in [3.63, 3.8) is 0 Å². The predicted octanol–water partition coefficient (Wildman–Crippen LogP) is 5.77. The fourth-order valence-electron chi connectivity index (χ4n) is 4.18. The topological polar surface area (TPSA) is 25.1 Å². The Morgan fingerprint density at radius 1 is 0.429 bits per heavy atom. The van der Waals surface area contributed by atoms with Crippen LogP contribution in [0.2, 0.25) is 0 Å². The Bertz CT molecular complexity index is 980. The van der Waals surface area contributed by atoms with Crippen molar-refractivity contribution < 1.29 is 9.35 Å². The summed E-state index contributed by atoms with van der Waals surface area (Å²) in [6.07, 6.45) is 0. The van der Waals surface area contributed by atoms with Gasteiger partial charge >= 0.3 is 165 Å². The summed E-state index contributed by atoms with van der Waals surface area (Å²) in [5.41, 5.74) is 2.34. The van der Waals surface area contributed by atoms with Gasteiger partial charge in [0.15, 0.2) is 0 Å². The summed E-state index contributed by atoms with van der Waals surface area (Å²) < 4.78 is 12.5. The molecule has 0 atom stereocenters. The molecule has 0 bridgehead atoms. The Morgan fingerprint density at radius 2 is 0.750 bits per heavy atom. The molecular weight excluding hydrogens is 363 g/mol. The SMILES string of the molecule is c1ccc(C(c2ccccc2)P2(c3ccccc3)(c3ccccc3)OO2)cc1. The van der Waals surface area contributed by atoms with Gasteiger partial charge in [0.2, 0.25) is 0 Å². The second-order valence-corrected chi connectivity index (χ2v) is 11.0. The zero-order valence-corrected chi connectivity index (χ0v) is 16.3. The first-order chi connectivity index (χ1) is 13.8. The van der Waals surface area contributed by atoms with Crippen LogP contribution in [0.25, 0.3) is 0 Å². The first-order valence-electron chi connectivity index (χ1n) is 9.46. The zero-order valence-electron chi connectivity index (χ0n) is 15.4. The summed E-state index contributed by atoms with van der Waals surface area (Å²) >= 11 is 0. The van der Waals surface area contributed by atoms with Crippen LogP contribution in [0.15, 0.2) is 121 Å². The molecule has 1 aliphatic rings. The van der Waals surface area contributed by atoms with Crippen LogP contribution in [-0.4, -0.2) is 0 Å². The van der Waals surface area contributed by atoms with Crippen molar-refractivity contribution in [3.05, 3.63) is 132 Å². The van der Waals surface area contributed by atoms with Crippen LogP contribution in [0.5, 0.6) is 0 Å². The molecule has 28 heavy (non-hydrogen) atoms. The second-order valence-electron chi connectivity index (χ2n) is 7.06. The normalized spacial score (nSPS) is 18.1. The number of benzene rings is 4. The van der Waals surface area contributed by atoms with Gasteiger partial charge in [-0.3, -0.25) is 0 Å². The Kier molecular flexibility index (Phi) is 4.14. The number of rotatable bonds is 5. The summed E-state index contributed by atoms with van der Waals surface area (Å²) in [6.45, 7) is 0. The third-order valence-corrected chi connectivity index (χ3v) is 10.2. The van der Waals surface area contributed by atoms with Crippen molar-refractivity contribution in [1.82, 2.24) is 0 Å². The molecule has 0 aromatic heterocycles. The average molecular weight is 384 g/mol. The van der Waals surface area contributed by atoms with Crippen LogP contribution >= 0.6 is 7.06 Å². The van der Waals surface area contributed by atoms with Gasteiger partial charge in [-0.2, -0.15) is 0 Å². The molecule has 0 aliphatic carbocycles. The standard InChI is InChI=1S/C25H21O2P/c1-5-13-21(14-6-1)25(22-15-7-2-8-16-22)28(26-27-28,23-17-9-3-10-18-23)24-19-11-4-12-20-24/h1-20,25H. The summed E-state index contributed by atoms with van der Waals surface area (Å²) in [7, 11) is -3.37. The van der Waals surface area contributed by atoms with Gasteiger partial charge in [0.05, 0.1) is 0 Å². The fraction of sp³-hybridized carbons (Fsp3) is 0.0400. The van der Waals surface area contributed by atoms with E-state index in [1.165, 1.54) is 11.1 Å². The van der Waals surface area contributed by atoms with E-state index in [1.807, 2.05) is 24.3 Å². The Morgan fingerprint density at radius 3 is 1.07 bits per heavy atom. The molecule has 1 saturated heterocycles. The van der Waals surface area contributed by atoms with E-state index in [1.54, 1.807) is 0 Å². The van der Waals surface area contributed by atoms with E-state index in [-0.39, 0.29) is 5.66 Å². The van der Waals surface area contributed by atoms with Crippen LogP contribution in [-0.2, 0) is 9.35 Å². The van der Waals surface area contributed by atoms with Crippen molar-refractivity contribution in [1.29, 1.82) is 0 Å². The quantitative estimate of drug-likeness (QED) is 0.248. The van der Waals surface area contributed by atoms with Gasteiger partial charge in [-0.25, -0.2) is 0 Å². The fourth-order valence-corrected chi connectivity index (χ4v) is 8.92. The summed E-state index contributed by atoms with van der Waals surface area (Å²) in [5.74, 6) is 0. The van der Waals surface area contributed by atoms with E-state index in [2.05, 4.69) is 97.1 Å². The van der Waals surface area contributed by atoms with Crippen LogP contribution in [0, 0.1) is 0 Å². The van der Waals surface area contributed by atoms with Gasteiger partial charge in [0.25, 0.3) is 0 Å². The molecule has 0 unspecified atom stereocenters. The molecule has 138 valence electrons. The van der Waals surface area contributed by atoms with Crippen LogP contribution in [0.1, 0.15) is 16.8 Å². The Balaban J connectivity index is 1.86. The number of hydrogen-bond acceptors (Lipinski definition) is 2. The molecule has 4 aromatic rings. The van der Waals surface area contributed by atoms with Crippen molar-refractivity contribution >= 4 is 17.7 Å². The Labute approximate surface area is 165 Å². The van der Waals surface area contributed by atoms with Gasteiger partial charge in [-0.05, 0) is 0 Å². The van der Waals surface area contributed by atoms with Crippen molar-refractivity contribution in [2.24, 2.45) is 0 Å². The molecule has 4 aromatic carbocycles. The van der Waals surface area contributed by atoms with Crippen molar-refractivity contribution in [2.45, 2.75) is 5.66 Å². The van der Waals surface area contributed by atoms with Crippen molar-refractivity contribution in [3.8, 4) is 0 Å². The molecule has 0 radical (unpaired) electrons. The van der Waals surface area contributed by atoms with Crippen LogP contribution in [0.3, 0.4) is 0 Å². The molecule has 5 rings (SSSR count). The zero-order chi connectivity index (χ0) is 18.9. The first-order valence-corrected chi connectivity index (χ1v) is 11.6. The maximum absolute atomic E-state index is 6.26. The van der Waals surface area contributed by atoms with Gasteiger partial charge in [0, 0.05) is 0 Å². The minimum absolute atomic E-state index is 0.0433. The van der Waals surface area contributed by atoms with E-state index in [0.717, 1.165) is 10.6 Å². The van der Waals surface area contributed by atoms with Gasteiger partial charge in [-0.1, -0.05) is 0 Å². The van der Waals surface area contributed by atoms with Gasteiger partial charge < -0.3 is 0 Å². The third-order valence-electron chi connectivity index (χ3n) is 5.50. The van der Waals surface area contributed by atoms with E-state index >= 15 is 0 Å². The van der Waals surface area contributed by atoms with Crippen LogP contribution < -0.4 is 10.6 Å².